The quantitative estimate of drug-likeness (QED) is 0.765. The number of rotatable bonds is 5. The van der Waals surface area contributed by atoms with Gasteiger partial charge in [0.2, 0.25) is 0 Å². The number of methoxy groups -OCH3 is 1. The second-order valence-corrected chi connectivity index (χ2v) is 3.74. The molecule has 0 unspecified atom stereocenters. The molecular formula is C10H15N7O. The van der Waals surface area contributed by atoms with Gasteiger partial charge >= 0.3 is 0 Å². The third-order valence-electron chi connectivity index (χ3n) is 2.30. The Balaban J connectivity index is 2.07. The number of aryl methyl sites for hydroxylation is 1. The zero-order chi connectivity index (χ0) is 13.0. The van der Waals surface area contributed by atoms with Crippen molar-refractivity contribution in [2.75, 3.05) is 18.2 Å². The van der Waals surface area contributed by atoms with Crippen molar-refractivity contribution in [3.63, 3.8) is 0 Å². The van der Waals surface area contributed by atoms with Crippen LogP contribution in [0.15, 0.2) is 12.4 Å². The van der Waals surface area contributed by atoms with E-state index < -0.39 is 0 Å². The van der Waals surface area contributed by atoms with E-state index in [1.165, 1.54) is 0 Å². The van der Waals surface area contributed by atoms with Crippen LogP contribution in [0, 0.1) is 0 Å². The van der Waals surface area contributed by atoms with Crippen LogP contribution in [0.25, 0.3) is 0 Å². The van der Waals surface area contributed by atoms with Crippen LogP contribution < -0.4 is 11.1 Å². The summed E-state index contributed by atoms with van der Waals surface area (Å²) in [5, 5.41) is 10.9. The number of hydrogen-bond donors (Lipinski definition) is 2. The lowest BCUT2D eigenvalue weighted by Gasteiger charge is -2.07. The van der Waals surface area contributed by atoms with E-state index >= 15 is 0 Å². The van der Waals surface area contributed by atoms with Crippen LogP contribution in [0.1, 0.15) is 11.6 Å². The van der Waals surface area contributed by atoms with E-state index in [1.807, 2.05) is 11.6 Å². The Kier molecular flexibility index (Phi) is 3.68. The maximum Gasteiger partial charge on any atom is 0.158 e. The van der Waals surface area contributed by atoms with Crippen molar-refractivity contribution < 1.29 is 4.74 Å². The number of ether oxygens (including phenoxy) is 1. The van der Waals surface area contributed by atoms with E-state index in [4.69, 9.17) is 10.5 Å². The number of nitrogens with one attached hydrogen (secondary N) is 1. The van der Waals surface area contributed by atoms with Crippen molar-refractivity contribution in [3.8, 4) is 0 Å². The molecule has 0 aromatic carbocycles. The second kappa shape index (κ2) is 5.41. The summed E-state index contributed by atoms with van der Waals surface area (Å²) in [4.78, 5) is 8.32. The Hall–Kier alpha value is -2.22. The Morgan fingerprint density at radius 2 is 2.28 bits per heavy atom. The molecule has 3 N–H and O–H groups in total. The maximum absolute atomic E-state index is 5.69. The fraction of sp³-hybridized carbons (Fsp3) is 0.400. The lowest BCUT2D eigenvalue weighted by atomic mass is 10.4. The molecule has 0 atom stereocenters. The number of nitrogens with zero attached hydrogens (tertiary/aromatic N) is 5. The van der Waals surface area contributed by atoms with Crippen molar-refractivity contribution in [2.24, 2.45) is 7.05 Å². The molecule has 96 valence electrons. The lowest BCUT2D eigenvalue weighted by molar-refractivity contribution is 0.178. The highest BCUT2D eigenvalue weighted by atomic mass is 16.5. The van der Waals surface area contributed by atoms with E-state index in [0.717, 1.165) is 5.82 Å². The van der Waals surface area contributed by atoms with Crippen molar-refractivity contribution in [1.82, 2.24) is 24.7 Å². The molecule has 0 saturated heterocycles. The van der Waals surface area contributed by atoms with E-state index in [-0.39, 0.29) is 0 Å². The molecular weight excluding hydrogens is 234 g/mol. The summed E-state index contributed by atoms with van der Waals surface area (Å²) in [7, 11) is 3.46. The average Bonchev–Trinajstić information content (AvgIpc) is 2.72. The van der Waals surface area contributed by atoms with Gasteiger partial charge < -0.3 is 20.4 Å². The fourth-order valence-electron chi connectivity index (χ4n) is 1.44. The summed E-state index contributed by atoms with van der Waals surface area (Å²) in [5.74, 6) is 2.38. The first-order valence-corrected chi connectivity index (χ1v) is 5.38. The third kappa shape index (κ3) is 2.92. The molecule has 2 rings (SSSR count). The first-order chi connectivity index (χ1) is 8.69. The molecule has 8 heteroatoms. The normalized spacial score (nSPS) is 10.6. The Bertz CT molecular complexity index is 525. The van der Waals surface area contributed by atoms with Gasteiger partial charge in [-0.25, -0.2) is 9.97 Å². The molecule has 0 spiro atoms. The first kappa shape index (κ1) is 12.2. The largest absolute Gasteiger partial charge is 0.384 e. The summed E-state index contributed by atoms with van der Waals surface area (Å²) < 4.78 is 6.80. The van der Waals surface area contributed by atoms with E-state index in [2.05, 4.69) is 25.5 Å². The molecule has 8 nitrogen and oxygen atoms in total. The van der Waals surface area contributed by atoms with Crippen LogP contribution in [0.4, 0.5) is 11.6 Å². The molecule has 18 heavy (non-hydrogen) atoms. The van der Waals surface area contributed by atoms with Gasteiger partial charge in [0.1, 0.15) is 24.6 Å². The molecule has 0 amide bonds. The van der Waals surface area contributed by atoms with Crippen molar-refractivity contribution in [2.45, 2.75) is 13.2 Å². The minimum atomic E-state index is 0.323. The van der Waals surface area contributed by atoms with Crippen LogP contribution in [0.2, 0.25) is 0 Å². The molecule has 0 aliphatic rings. The lowest BCUT2D eigenvalue weighted by Crippen LogP contribution is -2.09. The highest BCUT2D eigenvalue weighted by Crippen LogP contribution is 2.10. The Labute approximate surface area is 104 Å². The van der Waals surface area contributed by atoms with E-state index in [1.54, 1.807) is 19.5 Å². The van der Waals surface area contributed by atoms with Crippen molar-refractivity contribution in [1.29, 1.82) is 0 Å². The van der Waals surface area contributed by atoms with Gasteiger partial charge in [0, 0.05) is 20.2 Å². The highest BCUT2D eigenvalue weighted by Gasteiger charge is 2.04. The molecule has 0 radical (unpaired) electrons. The van der Waals surface area contributed by atoms with Gasteiger partial charge in [-0.15, -0.1) is 10.2 Å². The molecule has 0 bridgehead atoms. The second-order valence-electron chi connectivity index (χ2n) is 3.74. The van der Waals surface area contributed by atoms with Gasteiger partial charge in [-0.05, 0) is 0 Å². The predicted octanol–water partition coefficient (Wildman–Crippen LogP) is -0.0542. The minimum absolute atomic E-state index is 0.323. The molecule has 0 aliphatic heterocycles. The van der Waals surface area contributed by atoms with Gasteiger partial charge in [-0.3, -0.25) is 0 Å². The third-order valence-corrected chi connectivity index (χ3v) is 2.30. The minimum Gasteiger partial charge on any atom is -0.384 e. The number of aromatic nitrogens is 5. The zero-order valence-electron chi connectivity index (χ0n) is 10.3. The summed E-state index contributed by atoms with van der Waals surface area (Å²) in [6, 6.07) is 1.66. The molecule has 0 fully saturated rings. The number of hydrogen-bond acceptors (Lipinski definition) is 7. The van der Waals surface area contributed by atoms with Gasteiger partial charge in [-0.2, -0.15) is 0 Å². The first-order valence-electron chi connectivity index (χ1n) is 5.38. The van der Waals surface area contributed by atoms with Crippen molar-refractivity contribution >= 4 is 11.6 Å². The summed E-state index contributed by atoms with van der Waals surface area (Å²) in [6.45, 7) is 0.836. The summed E-state index contributed by atoms with van der Waals surface area (Å²) in [5.41, 5.74) is 5.69. The zero-order valence-corrected chi connectivity index (χ0v) is 10.3. The topological polar surface area (TPSA) is 104 Å². The predicted molar refractivity (Wildman–Crippen MR) is 65.5 cm³/mol. The van der Waals surface area contributed by atoms with Gasteiger partial charge in [0.25, 0.3) is 0 Å². The molecule has 2 heterocycles. The molecule has 2 aromatic rings. The van der Waals surface area contributed by atoms with Gasteiger partial charge in [0.15, 0.2) is 11.6 Å². The van der Waals surface area contributed by atoms with Crippen LogP contribution in [-0.2, 0) is 24.9 Å². The summed E-state index contributed by atoms with van der Waals surface area (Å²) in [6.07, 6.45) is 1.64. The number of nitrogens with two attached hydrogens (primary N) is 1. The van der Waals surface area contributed by atoms with Crippen LogP contribution in [0.3, 0.4) is 0 Å². The smallest absolute Gasteiger partial charge is 0.158 e. The highest BCUT2D eigenvalue weighted by molar-refractivity contribution is 5.44. The summed E-state index contributed by atoms with van der Waals surface area (Å²) >= 11 is 0. The van der Waals surface area contributed by atoms with Crippen molar-refractivity contribution in [3.05, 3.63) is 24.0 Å². The standard InChI is InChI=1S/C10H15N7O/c1-17-6-13-16-10(17)4-12-8-3-7(11)14-9(15-8)5-18-2/h3,6H,4-5H2,1-2H3,(H3,11,12,14,15). The molecule has 0 aliphatic carbocycles. The van der Waals surface area contributed by atoms with Crippen LogP contribution in [0.5, 0.6) is 0 Å². The number of anilines is 2. The molecule has 0 saturated carbocycles. The average molecular weight is 249 g/mol. The van der Waals surface area contributed by atoms with E-state index in [0.29, 0.717) is 30.6 Å². The number of nitrogen functional groups attached to an aromatic ring is 1. The van der Waals surface area contributed by atoms with Crippen LogP contribution in [-0.4, -0.2) is 31.8 Å². The van der Waals surface area contributed by atoms with Crippen LogP contribution >= 0.6 is 0 Å². The Morgan fingerprint density at radius 3 is 2.94 bits per heavy atom. The van der Waals surface area contributed by atoms with Gasteiger partial charge in [0.05, 0.1) is 6.54 Å². The SMILES string of the molecule is COCc1nc(N)cc(NCc2nncn2C)n1. The fourth-order valence-corrected chi connectivity index (χ4v) is 1.44. The monoisotopic (exact) mass is 249 g/mol. The Morgan fingerprint density at radius 1 is 1.44 bits per heavy atom. The van der Waals surface area contributed by atoms with E-state index in [9.17, 15) is 0 Å². The van der Waals surface area contributed by atoms with Gasteiger partial charge in [-0.1, -0.05) is 0 Å². The molecule has 2 aromatic heterocycles. The maximum atomic E-state index is 5.69.